The Morgan fingerprint density at radius 2 is 1.14 bits per heavy atom. The van der Waals surface area contributed by atoms with Gasteiger partial charge in [-0.15, -0.1) is 0 Å². The van der Waals surface area contributed by atoms with Crippen molar-refractivity contribution in [3.8, 4) is 0 Å². The van der Waals surface area contributed by atoms with Crippen LogP contribution in [0.2, 0.25) is 0 Å². The van der Waals surface area contributed by atoms with Crippen LogP contribution >= 0.6 is 0 Å². The van der Waals surface area contributed by atoms with Gasteiger partial charge in [0, 0.05) is 19.3 Å². The molecule has 296 valence electrons. The summed E-state index contributed by atoms with van der Waals surface area (Å²) in [5.41, 5.74) is 0. The van der Waals surface area contributed by atoms with E-state index in [2.05, 4.69) is 38.2 Å². The second kappa shape index (κ2) is 34.6. The van der Waals surface area contributed by atoms with Crippen molar-refractivity contribution < 1.29 is 38.2 Å². The molecule has 8 nitrogen and oxygen atoms in total. The summed E-state index contributed by atoms with van der Waals surface area (Å²) in [6, 6.07) is -0.732. The number of carboxylic acids is 1. The number of carbonyl (C=O) groups excluding carboxylic acids is 3. The van der Waals surface area contributed by atoms with E-state index in [1.165, 1.54) is 96.3 Å². The topological polar surface area (TPSA) is 102 Å². The number of nitrogens with zero attached hydrogens (tertiary/aromatic N) is 1. The molecule has 0 aromatic heterocycles. The van der Waals surface area contributed by atoms with Crippen LogP contribution in [0.15, 0.2) is 36.5 Å². The van der Waals surface area contributed by atoms with E-state index >= 15 is 0 Å². The average Bonchev–Trinajstić information content (AvgIpc) is 3.08. The predicted octanol–water partition coefficient (Wildman–Crippen LogP) is 9.35. The Balaban J connectivity index is 4.21. The number of unbranched alkanes of at least 4 members (excludes halogenated alkanes) is 16. The largest absolute Gasteiger partial charge is 0.544 e. The maximum absolute atomic E-state index is 12.5. The number of hydrogen-bond acceptors (Lipinski definition) is 7. The molecule has 0 radical (unpaired) electrons. The Morgan fingerprint density at radius 3 is 1.69 bits per heavy atom. The molecule has 51 heavy (non-hydrogen) atoms. The summed E-state index contributed by atoms with van der Waals surface area (Å²) in [5.74, 6) is -1.84. The van der Waals surface area contributed by atoms with Crippen molar-refractivity contribution in [3.05, 3.63) is 36.5 Å². The fraction of sp³-hybridized carbons (Fsp3) is 0.791. The van der Waals surface area contributed by atoms with E-state index in [0.29, 0.717) is 12.8 Å². The highest BCUT2D eigenvalue weighted by Crippen LogP contribution is 2.13. The highest BCUT2D eigenvalue weighted by molar-refractivity contribution is 5.70. The molecule has 0 aliphatic heterocycles. The van der Waals surface area contributed by atoms with E-state index in [1.807, 2.05) is 12.2 Å². The third-order valence-corrected chi connectivity index (χ3v) is 9.02. The standard InChI is InChI=1S/C43H77NO7/c1-6-8-10-12-14-15-16-17-18-19-20-21-22-23-24-25-26-28-29-31-33-41(45)50-38-39(37-49-36-35-40(43(47)48)44(3,4)5)51-42(46)34-32-30-27-13-11-9-7-2/h9,11,20-21,27,30,39-40H,6-8,10,12-19,22-26,28-29,31-38H2,1-5H3/b11-9+,21-20+,30-27+. The lowest BCUT2D eigenvalue weighted by atomic mass is 10.1. The van der Waals surface area contributed by atoms with Crippen LogP contribution in [0, 0.1) is 0 Å². The van der Waals surface area contributed by atoms with Crippen LogP contribution in [0.25, 0.3) is 0 Å². The minimum absolute atomic E-state index is 0.0165. The molecule has 0 spiro atoms. The highest BCUT2D eigenvalue weighted by atomic mass is 16.6. The Kier molecular flexibility index (Phi) is 33.0. The van der Waals surface area contributed by atoms with Gasteiger partial charge in [-0.25, -0.2) is 0 Å². The van der Waals surface area contributed by atoms with Crippen molar-refractivity contribution >= 4 is 17.9 Å². The quantitative estimate of drug-likeness (QED) is 0.0275. The minimum Gasteiger partial charge on any atom is -0.544 e. The van der Waals surface area contributed by atoms with Gasteiger partial charge in [0.15, 0.2) is 6.10 Å². The molecule has 0 amide bonds. The molecular formula is C43H77NO7. The molecule has 0 heterocycles. The fourth-order valence-corrected chi connectivity index (χ4v) is 5.83. The number of quaternary nitrogens is 1. The Bertz CT molecular complexity index is 937. The Hall–Kier alpha value is -2.45. The molecule has 8 heteroatoms. The third-order valence-electron chi connectivity index (χ3n) is 9.02. The first-order chi connectivity index (χ1) is 24.6. The molecule has 0 saturated carbocycles. The van der Waals surface area contributed by atoms with Crippen molar-refractivity contribution in [2.24, 2.45) is 0 Å². The molecule has 0 bridgehead atoms. The molecule has 2 unspecified atom stereocenters. The summed E-state index contributed by atoms with van der Waals surface area (Å²) >= 11 is 0. The van der Waals surface area contributed by atoms with Gasteiger partial charge in [-0.05, 0) is 51.4 Å². The average molecular weight is 720 g/mol. The van der Waals surface area contributed by atoms with Gasteiger partial charge in [-0.2, -0.15) is 0 Å². The van der Waals surface area contributed by atoms with E-state index in [0.717, 1.165) is 32.1 Å². The third kappa shape index (κ3) is 33.2. The van der Waals surface area contributed by atoms with E-state index in [1.54, 1.807) is 21.1 Å². The van der Waals surface area contributed by atoms with Gasteiger partial charge in [-0.3, -0.25) is 9.59 Å². The summed E-state index contributed by atoms with van der Waals surface area (Å²) in [5, 5.41) is 11.6. The number of likely N-dealkylation sites (N-methyl/N-ethyl adjacent to an activating group) is 1. The number of carbonyl (C=O) groups is 3. The number of carboxylic acid groups (broad SMARTS) is 1. The molecule has 0 saturated heterocycles. The second-order valence-electron chi connectivity index (χ2n) is 14.8. The van der Waals surface area contributed by atoms with E-state index in [-0.39, 0.29) is 43.1 Å². The van der Waals surface area contributed by atoms with E-state index < -0.39 is 24.1 Å². The van der Waals surface area contributed by atoms with Crippen molar-refractivity contribution in [1.29, 1.82) is 0 Å². The monoisotopic (exact) mass is 720 g/mol. The van der Waals surface area contributed by atoms with Crippen LogP contribution in [0.4, 0.5) is 0 Å². The zero-order chi connectivity index (χ0) is 37.8. The van der Waals surface area contributed by atoms with Crippen LogP contribution in [0.1, 0.15) is 168 Å². The van der Waals surface area contributed by atoms with Gasteiger partial charge in [0.25, 0.3) is 0 Å². The maximum atomic E-state index is 12.5. The first kappa shape index (κ1) is 48.5. The van der Waals surface area contributed by atoms with Crippen molar-refractivity contribution in [2.45, 2.75) is 180 Å². The van der Waals surface area contributed by atoms with Crippen molar-refractivity contribution in [1.82, 2.24) is 0 Å². The van der Waals surface area contributed by atoms with E-state index in [9.17, 15) is 19.5 Å². The SMILES string of the molecule is CC/C=C/C/C=C/CCC(=O)OC(COCCC(C(=O)[O-])[N+](C)(C)C)COC(=O)CCCCCCCCC/C=C/CCCCCCCCCCC. The summed E-state index contributed by atoms with van der Waals surface area (Å²) in [4.78, 5) is 36.5. The molecule has 0 aliphatic rings. The predicted molar refractivity (Wildman–Crippen MR) is 208 cm³/mol. The zero-order valence-corrected chi connectivity index (χ0v) is 33.5. The number of rotatable bonds is 36. The van der Waals surface area contributed by atoms with Crippen LogP contribution in [-0.4, -0.2) is 75.5 Å². The molecule has 2 atom stereocenters. The summed E-state index contributed by atoms with van der Waals surface area (Å²) in [7, 11) is 5.37. The van der Waals surface area contributed by atoms with Crippen molar-refractivity contribution in [3.63, 3.8) is 0 Å². The maximum Gasteiger partial charge on any atom is 0.306 e. The smallest absolute Gasteiger partial charge is 0.306 e. The molecule has 0 aliphatic carbocycles. The highest BCUT2D eigenvalue weighted by Gasteiger charge is 2.25. The second-order valence-corrected chi connectivity index (χ2v) is 14.8. The van der Waals surface area contributed by atoms with Gasteiger partial charge in [0.05, 0.1) is 40.3 Å². The number of ether oxygens (including phenoxy) is 3. The molecule has 0 N–H and O–H groups in total. The number of aliphatic carboxylic acids is 1. The summed E-state index contributed by atoms with van der Waals surface area (Å²) in [6.45, 7) is 4.44. The van der Waals surface area contributed by atoms with Crippen LogP contribution in [0.3, 0.4) is 0 Å². The number of hydrogen-bond donors (Lipinski definition) is 0. The Morgan fingerprint density at radius 1 is 0.608 bits per heavy atom. The van der Waals surface area contributed by atoms with Gasteiger partial charge in [0.1, 0.15) is 12.6 Å². The van der Waals surface area contributed by atoms with Gasteiger partial charge < -0.3 is 28.6 Å². The van der Waals surface area contributed by atoms with Crippen LogP contribution < -0.4 is 5.11 Å². The normalized spacial score (nSPS) is 13.4. The van der Waals surface area contributed by atoms with Gasteiger partial charge >= 0.3 is 11.9 Å². The van der Waals surface area contributed by atoms with Gasteiger partial charge in [-0.1, -0.05) is 134 Å². The lowest BCUT2D eigenvalue weighted by molar-refractivity contribution is -0.889. The molecule has 0 fully saturated rings. The number of allylic oxidation sites excluding steroid dienone is 6. The van der Waals surface area contributed by atoms with Crippen LogP contribution in [0.5, 0.6) is 0 Å². The Labute approximate surface area is 313 Å². The molecular weight excluding hydrogens is 642 g/mol. The van der Waals surface area contributed by atoms with E-state index in [4.69, 9.17) is 14.2 Å². The lowest BCUT2D eigenvalue weighted by Crippen LogP contribution is -2.55. The molecule has 0 aromatic rings. The first-order valence-corrected chi connectivity index (χ1v) is 20.5. The molecule has 0 aromatic carbocycles. The lowest BCUT2D eigenvalue weighted by Gasteiger charge is -2.34. The van der Waals surface area contributed by atoms with Crippen LogP contribution in [-0.2, 0) is 28.6 Å². The van der Waals surface area contributed by atoms with Crippen molar-refractivity contribution in [2.75, 3.05) is 41.0 Å². The first-order valence-electron chi connectivity index (χ1n) is 20.5. The molecule has 0 rings (SSSR count). The number of esters is 2. The summed E-state index contributed by atoms with van der Waals surface area (Å²) < 4.78 is 17.0. The fourth-order valence-electron chi connectivity index (χ4n) is 5.83. The zero-order valence-electron chi connectivity index (χ0n) is 33.5. The van der Waals surface area contributed by atoms with Gasteiger partial charge in [0.2, 0.25) is 0 Å². The summed E-state index contributed by atoms with van der Waals surface area (Å²) in [6.07, 6.45) is 37.9. The minimum atomic E-state index is -1.14.